The molecule has 1 saturated carbocycles. The van der Waals surface area contributed by atoms with Gasteiger partial charge in [0.15, 0.2) is 0 Å². The van der Waals surface area contributed by atoms with Gasteiger partial charge in [0.25, 0.3) is 0 Å². The van der Waals surface area contributed by atoms with Gasteiger partial charge in [-0.3, -0.25) is 0 Å². The lowest BCUT2D eigenvalue weighted by Crippen LogP contribution is -2.53. The summed E-state index contributed by atoms with van der Waals surface area (Å²) < 4.78 is 5.90. The number of halogens is 3. The second-order valence-electron chi connectivity index (χ2n) is 4.74. The van der Waals surface area contributed by atoms with Crippen molar-refractivity contribution in [3.05, 3.63) is 28.2 Å². The summed E-state index contributed by atoms with van der Waals surface area (Å²) in [5.74, 6) is 0.745. The van der Waals surface area contributed by atoms with E-state index in [1.807, 2.05) is 0 Å². The highest BCUT2D eigenvalue weighted by Gasteiger charge is 2.48. The van der Waals surface area contributed by atoms with Gasteiger partial charge in [-0.25, -0.2) is 0 Å². The molecule has 2 atom stereocenters. The maximum atomic E-state index is 5.92. The quantitative estimate of drug-likeness (QED) is 0.701. The smallest absolute Gasteiger partial charge is 0.122 e. The van der Waals surface area contributed by atoms with Gasteiger partial charge >= 0.3 is 0 Å². The number of hydrogen-bond donors (Lipinski definition) is 0. The summed E-state index contributed by atoms with van der Waals surface area (Å²) in [5, 5.41) is 1.21. The third kappa shape index (κ3) is 2.34. The largest absolute Gasteiger partial charge is 0.490 e. The van der Waals surface area contributed by atoms with Crippen LogP contribution in [0.5, 0.6) is 5.75 Å². The van der Waals surface area contributed by atoms with E-state index in [0.717, 1.165) is 12.2 Å². The summed E-state index contributed by atoms with van der Waals surface area (Å²) in [6, 6.07) is 5.30. The molecule has 1 aromatic carbocycles. The summed E-state index contributed by atoms with van der Waals surface area (Å²) in [7, 11) is 0. The Balaban J connectivity index is 2.11. The SMILES string of the molecule is CC1(C)C(Br)CC1Oc1cc(Cl)cc(Cl)c1. The zero-order valence-corrected chi connectivity index (χ0v) is 12.2. The van der Waals surface area contributed by atoms with Gasteiger partial charge in [0.05, 0.1) is 0 Å². The molecule has 0 bridgehead atoms. The van der Waals surface area contributed by atoms with Gasteiger partial charge in [-0.1, -0.05) is 53.0 Å². The number of rotatable bonds is 2. The van der Waals surface area contributed by atoms with E-state index in [9.17, 15) is 0 Å². The van der Waals surface area contributed by atoms with Crippen molar-refractivity contribution in [2.45, 2.75) is 31.2 Å². The highest BCUT2D eigenvalue weighted by atomic mass is 79.9. The molecule has 0 heterocycles. The average Bonchev–Trinajstić information content (AvgIpc) is 2.15. The molecule has 1 aliphatic carbocycles. The number of hydrogen-bond acceptors (Lipinski definition) is 1. The van der Waals surface area contributed by atoms with Crippen LogP contribution >= 0.6 is 39.1 Å². The third-order valence-corrected chi connectivity index (χ3v) is 5.16. The Morgan fingerprint density at radius 2 is 1.81 bits per heavy atom. The van der Waals surface area contributed by atoms with E-state index < -0.39 is 0 Å². The van der Waals surface area contributed by atoms with E-state index in [1.54, 1.807) is 18.2 Å². The molecule has 2 unspecified atom stereocenters. The highest BCUT2D eigenvalue weighted by Crippen LogP contribution is 2.47. The standard InChI is InChI=1S/C12H13BrCl2O/c1-12(2)10(13)6-11(12)16-9-4-7(14)3-8(15)5-9/h3-5,10-11H,6H2,1-2H3. The lowest BCUT2D eigenvalue weighted by molar-refractivity contribution is -0.00777. The zero-order chi connectivity index (χ0) is 11.9. The van der Waals surface area contributed by atoms with E-state index in [1.165, 1.54) is 0 Å². The van der Waals surface area contributed by atoms with Gasteiger partial charge in [0.1, 0.15) is 11.9 Å². The molecule has 1 nitrogen and oxygen atoms in total. The van der Waals surface area contributed by atoms with Gasteiger partial charge in [-0.15, -0.1) is 0 Å². The van der Waals surface area contributed by atoms with Crippen LogP contribution in [0.3, 0.4) is 0 Å². The van der Waals surface area contributed by atoms with Crippen LogP contribution in [0.2, 0.25) is 10.0 Å². The van der Waals surface area contributed by atoms with Gasteiger partial charge in [-0.2, -0.15) is 0 Å². The Hall–Kier alpha value is 0.0800. The molecular formula is C12H13BrCl2O. The molecule has 0 saturated heterocycles. The van der Waals surface area contributed by atoms with Crippen LogP contribution in [0.25, 0.3) is 0 Å². The van der Waals surface area contributed by atoms with Crippen molar-refractivity contribution < 1.29 is 4.74 Å². The first kappa shape index (κ1) is 12.5. The van der Waals surface area contributed by atoms with E-state index >= 15 is 0 Å². The van der Waals surface area contributed by atoms with E-state index in [0.29, 0.717) is 14.9 Å². The van der Waals surface area contributed by atoms with Crippen molar-refractivity contribution >= 4 is 39.1 Å². The minimum atomic E-state index is 0.148. The molecule has 0 aliphatic heterocycles. The third-order valence-electron chi connectivity index (χ3n) is 3.17. The maximum Gasteiger partial charge on any atom is 0.122 e. The molecule has 1 fully saturated rings. The van der Waals surface area contributed by atoms with Crippen molar-refractivity contribution in [3.8, 4) is 5.75 Å². The summed E-state index contributed by atoms with van der Waals surface area (Å²) in [6.45, 7) is 4.37. The monoisotopic (exact) mass is 322 g/mol. The molecular weight excluding hydrogens is 311 g/mol. The van der Waals surface area contributed by atoms with E-state index in [4.69, 9.17) is 27.9 Å². The fraction of sp³-hybridized carbons (Fsp3) is 0.500. The first-order valence-corrected chi connectivity index (χ1v) is 6.83. The van der Waals surface area contributed by atoms with Gasteiger partial charge in [0.2, 0.25) is 0 Å². The molecule has 2 rings (SSSR count). The van der Waals surface area contributed by atoms with Crippen molar-refractivity contribution in [2.75, 3.05) is 0 Å². The maximum absolute atomic E-state index is 5.92. The first-order chi connectivity index (χ1) is 7.39. The topological polar surface area (TPSA) is 9.23 Å². The summed E-state index contributed by atoms with van der Waals surface area (Å²) in [5.41, 5.74) is 0.148. The average molecular weight is 324 g/mol. The lowest BCUT2D eigenvalue weighted by Gasteiger charge is -2.48. The predicted molar refractivity (Wildman–Crippen MR) is 72.0 cm³/mol. The van der Waals surface area contributed by atoms with Crippen LogP contribution in [0.1, 0.15) is 20.3 Å². The molecule has 0 spiro atoms. The normalized spacial score (nSPS) is 27.3. The molecule has 88 valence electrons. The van der Waals surface area contributed by atoms with Crippen molar-refractivity contribution in [1.29, 1.82) is 0 Å². The summed E-state index contributed by atoms with van der Waals surface area (Å²) in [4.78, 5) is 0.514. The Labute approximate surface area is 114 Å². The van der Waals surface area contributed by atoms with Crippen LogP contribution in [0, 0.1) is 5.41 Å². The van der Waals surface area contributed by atoms with Crippen LogP contribution in [0.15, 0.2) is 18.2 Å². The molecule has 1 aliphatic rings. The molecule has 4 heteroatoms. The van der Waals surface area contributed by atoms with Crippen LogP contribution in [-0.4, -0.2) is 10.9 Å². The number of alkyl halides is 1. The zero-order valence-electron chi connectivity index (χ0n) is 9.14. The second-order valence-corrected chi connectivity index (χ2v) is 6.71. The first-order valence-electron chi connectivity index (χ1n) is 5.16. The lowest BCUT2D eigenvalue weighted by atomic mass is 9.69. The van der Waals surface area contributed by atoms with Crippen LogP contribution in [-0.2, 0) is 0 Å². The fourth-order valence-electron chi connectivity index (χ4n) is 1.80. The number of benzene rings is 1. The van der Waals surface area contributed by atoms with Gasteiger partial charge < -0.3 is 4.74 Å². The summed E-state index contributed by atoms with van der Waals surface area (Å²) >= 11 is 15.5. The van der Waals surface area contributed by atoms with Crippen LogP contribution < -0.4 is 4.74 Å². The second kappa shape index (κ2) is 4.40. The van der Waals surface area contributed by atoms with E-state index in [2.05, 4.69) is 29.8 Å². The van der Waals surface area contributed by atoms with Gasteiger partial charge in [0, 0.05) is 20.3 Å². The molecule has 1 aromatic rings. The molecule has 0 N–H and O–H groups in total. The Bertz CT molecular complexity index is 386. The van der Waals surface area contributed by atoms with Crippen molar-refractivity contribution in [1.82, 2.24) is 0 Å². The highest BCUT2D eigenvalue weighted by molar-refractivity contribution is 9.09. The Morgan fingerprint density at radius 1 is 1.25 bits per heavy atom. The predicted octanol–water partition coefficient (Wildman–Crippen LogP) is 4.93. The van der Waals surface area contributed by atoms with Crippen molar-refractivity contribution in [2.24, 2.45) is 5.41 Å². The minimum Gasteiger partial charge on any atom is -0.490 e. The molecule has 16 heavy (non-hydrogen) atoms. The van der Waals surface area contributed by atoms with Crippen LogP contribution in [0.4, 0.5) is 0 Å². The fourth-order valence-corrected chi connectivity index (χ4v) is 2.94. The Kier molecular flexibility index (Phi) is 3.44. The molecule has 0 amide bonds. The van der Waals surface area contributed by atoms with Gasteiger partial charge in [-0.05, 0) is 24.6 Å². The minimum absolute atomic E-state index is 0.148. The Morgan fingerprint density at radius 3 is 2.25 bits per heavy atom. The summed E-state index contributed by atoms with van der Waals surface area (Å²) in [6.07, 6.45) is 1.23. The molecule has 0 radical (unpaired) electrons. The molecule has 0 aromatic heterocycles. The van der Waals surface area contributed by atoms with E-state index in [-0.39, 0.29) is 11.5 Å². The number of ether oxygens (including phenoxy) is 1. The van der Waals surface area contributed by atoms with Crippen molar-refractivity contribution in [3.63, 3.8) is 0 Å².